The van der Waals surface area contributed by atoms with E-state index < -0.39 is 0 Å². The van der Waals surface area contributed by atoms with Gasteiger partial charge in [0, 0.05) is 11.3 Å². The number of fused-ring (bicyclic) bond motifs is 1. The SMILES string of the molecule is CNC1CCCCC1Sc1nc2ccccc2s1. The van der Waals surface area contributed by atoms with E-state index in [1.54, 1.807) is 0 Å². The highest BCUT2D eigenvalue weighted by Gasteiger charge is 2.25. The lowest BCUT2D eigenvalue weighted by molar-refractivity contribution is 0.405. The summed E-state index contributed by atoms with van der Waals surface area (Å²) in [4.78, 5) is 4.73. The fraction of sp³-hybridized carbons (Fsp3) is 0.500. The van der Waals surface area contributed by atoms with E-state index in [-0.39, 0.29) is 0 Å². The summed E-state index contributed by atoms with van der Waals surface area (Å²) in [5.74, 6) is 0. The van der Waals surface area contributed by atoms with Crippen molar-refractivity contribution < 1.29 is 0 Å². The van der Waals surface area contributed by atoms with Gasteiger partial charge in [-0.2, -0.15) is 0 Å². The number of thioether (sulfide) groups is 1. The number of para-hydroxylation sites is 1. The van der Waals surface area contributed by atoms with Gasteiger partial charge in [0.25, 0.3) is 0 Å². The molecule has 1 N–H and O–H groups in total. The van der Waals surface area contributed by atoms with Crippen LogP contribution in [0.25, 0.3) is 10.2 Å². The molecule has 96 valence electrons. The van der Waals surface area contributed by atoms with E-state index in [0.29, 0.717) is 11.3 Å². The van der Waals surface area contributed by atoms with Crippen LogP contribution in [0.4, 0.5) is 0 Å². The molecule has 0 aliphatic heterocycles. The average molecular weight is 278 g/mol. The van der Waals surface area contributed by atoms with E-state index in [0.717, 1.165) is 5.52 Å². The lowest BCUT2D eigenvalue weighted by Gasteiger charge is -2.29. The van der Waals surface area contributed by atoms with Crippen LogP contribution in [-0.2, 0) is 0 Å². The number of hydrogen-bond donors (Lipinski definition) is 1. The molecule has 1 aromatic heterocycles. The molecule has 2 aromatic rings. The maximum absolute atomic E-state index is 4.73. The number of nitrogens with one attached hydrogen (secondary N) is 1. The van der Waals surface area contributed by atoms with Gasteiger partial charge in [-0.05, 0) is 32.0 Å². The van der Waals surface area contributed by atoms with Crippen molar-refractivity contribution in [2.45, 2.75) is 41.3 Å². The molecule has 0 amide bonds. The molecule has 1 aromatic carbocycles. The lowest BCUT2D eigenvalue weighted by Crippen LogP contribution is -2.38. The summed E-state index contributed by atoms with van der Waals surface area (Å²) in [6.45, 7) is 0. The minimum absolute atomic E-state index is 0.649. The molecule has 0 spiro atoms. The van der Waals surface area contributed by atoms with Gasteiger partial charge in [0.1, 0.15) is 0 Å². The minimum atomic E-state index is 0.649. The van der Waals surface area contributed by atoms with Crippen molar-refractivity contribution in [2.24, 2.45) is 0 Å². The summed E-state index contributed by atoms with van der Waals surface area (Å²) in [5.41, 5.74) is 1.14. The van der Waals surface area contributed by atoms with Crippen LogP contribution >= 0.6 is 23.1 Å². The third-order valence-corrected chi connectivity index (χ3v) is 6.13. The van der Waals surface area contributed by atoms with E-state index in [9.17, 15) is 0 Å². The van der Waals surface area contributed by atoms with E-state index in [1.807, 2.05) is 23.1 Å². The molecule has 1 heterocycles. The zero-order valence-corrected chi connectivity index (χ0v) is 12.2. The normalized spacial score (nSPS) is 24.5. The number of hydrogen-bond acceptors (Lipinski definition) is 4. The van der Waals surface area contributed by atoms with Gasteiger partial charge < -0.3 is 5.32 Å². The largest absolute Gasteiger partial charge is 0.316 e. The molecule has 0 bridgehead atoms. The number of thiazole rings is 1. The van der Waals surface area contributed by atoms with Crippen LogP contribution in [0.15, 0.2) is 28.6 Å². The van der Waals surface area contributed by atoms with Crippen molar-refractivity contribution in [2.75, 3.05) is 7.05 Å². The van der Waals surface area contributed by atoms with Gasteiger partial charge in [-0.25, -0.2) is 4.98 Å². The standard InChI is InChI=1S/C14H18N2S2/c1-15-10-6-2-4-8-12(10)17-14-16-11-7-3-5-9-13(11)18-14/h3,5,7,9-10,12,15H,2,4,6,8H2,1H3. The summed E-state index contributed by atoms with van der Waals surface area (Å²) in [6.07, 6.45) is 5.34. The van der Waals surface area contributed by atoms with Gasteiger partial charge in [-0.1, -0.05) is 36.7 Å². The first-order chi connectivity index (χ1) is 8.86. The summed E-state index contributed by atoms with van der Waals surface area (Å²) in [5, 5.41) is 4.15. The van der Waals surface area contributed by atoms with E-state index in [4.69, 9.17) is 4.98 Å². The molecule has 1 fully saturated rings. The Hall–Kier alpha value is -0.580. The highest BCUT2D eigenvalue weighted by molar-refractivity contribution is 8.01. The van der Waals surface area contributed by atoms with Gasteiger partial charge >= 0.3 is 0 Å². The monoisotopic (exact) mass is 278 g/mol. The van der Waals surface area contributed by atoms with Crippen molar-refractivity contribution in [3.63, 3.8) is 0 Å². The first-order valence-corrected chi connectivity index (χ1v) is 8.26. The molecule has 0 radical (unpaired) electrons. The molecule has 2 unspecified atom stereocenters. The van der Waals surface area contributed by atoms with E-state index in [1.165, 1.54) is 34.7 Å². The second-order valence-corrected chi connectivity index (χ2v) is 7.30. The topological polar surface area (TPSA) is 24.9 Å². The van der Waals surface area contributed by atoms with Crippen LogP contribution in [-0.4, -0.2) is 23.3 Å². The quantitative estimate of drug-likeness (QED) is 0.921. The van der Waals surface area contributed by atoms with Gasteiger partial charge in [0.15, 0.2) is 4.34 Å². The van der Waals surface area contributed by atoms with Crippen molar-refractivity contribution in [3.05, 3.63) is 24.3 Å². The second kappa shape index (κ2) is 5.59. The highest BCUT2D eigenvalue weighted by atomic mass is 32.2. The maximum Gasteiger partial charge on any atom is 0.151 e. The summed E-state index contributed by atoms with van der Waals surface area (Å²) in [6, 6.07) is 9.06. The first kappa shape index (κ1) is 12.5. The Morgan fingerprint density at radius 3 is 2.94 bits per heavy atom. The van der Waals surface area contributed by atoms with E-state index in [2.05, 4.69) is 36.6 Å². The Bertz CT molecular complexity index is 490. The molecule has 1 aliphatic carbocycles. The Morgan fingerprint density at radius 1 is 1.28 bits per heavy atom. The highest BCUT2D eigenvalue weighted by Crippen LogP contribution is 2.37. The van der Waals surface area contributed by atoms with Crippen LogP contribution in [0.5, 0.6) is 0 Å². The molecule has 0 saturated heterocycles. The molecule has 2 atom stereocenters. The van der Waals surface area contributed by atoms with Crippen molar-refractivity contribution in [3.8, 4) is 0 Å². The molecular weight excluding hydrogens is 260 g/mol. The van der Waals surface area contributed by atoms with E-state index >= 15 is 0 Å². The third-order valence-electron chi connectivity index (χ3n) is 3.60. The molecule has 1 saturated carbocycles. The van der Waals surface area contributed by atoms with Gasteiger partial charge in [0.05, 0.1) is 10.2 Å². The lowest BCUT2D eigenvalue weighted by atomic mass is 9.95. The van der Waals surface area contributed by atoms with Crippen LogP contribution in [0, 0.1) is 0 Å². The fourth-order valence-electron chi connectivity index (χ4n) is 2.60. The smallest absolute Gasteiger partial charge is 0.151 e. The first-order valence-electron chi connectivity index (χ1n) is 6.56. The molecule has 2 nitrogen and oxygen atoms in total. The summed E-state index contributed by atoms with van der Waals surface area (Å²) >= 11 is 3.80. The average Bonchev–Trinajstić information content (AvgIpc) is 2.81. The summed E-state index contributed by atoms with van der Waals surface area (Å²) < 4.78 is 2.53. The number of benzene rings is 1. The van der Waals surface area contributed by atoms with Crippen LogP contribution in [0.1, 0.15) is 25.7 Å². The Balaban J connectivity index is 1.78. The predicted octanol–water partition coefficient (Wildman–Crippen LogP) is 3.92. The number of rotatable bonds is 3. The number of nitrogens with zero attached hydrogens (tertiary/aromatic N) is 1. The van der Waals surface area contributed by atoms with Gasteiger partial charge in [0.2, 0.25) is 0 Å². The fourth-order valence-corrected chi connectivity index (χ4v) is 5.26. The minimum Gasteiger partial charge on any atom is -0.316 e. The Kier molecular flexibility index (Phi) is 3.87. The Labute approximate surface area is 116 Å². The van der Waals surface area contributed by atoms with Crippen molar-refractivity contribution in [1.29, 1.82) is 0 Å². The molecule has 4 heteroatoms. The van der Waals surface area contributed by atoms with Crippen molar-refractivity contribution >= 4 is 33.3 Å². The third kappa shape index (κ3) is 2.56. The Morgan fingerprint density at radius 2 is 2.11 bits per heavy atom. The second-order valence-electron chi connectivity index (χ2n) is 4.78. The number of aromatic nitrogens is 1. The molecule has 1 aliphatic rings. The van der Waals surface area contributed by atoms with Crippen molar-refractivity contribution in [1.82, 2.24) is 10.3 Å². The van der Waals surface area contributed by atoms with Crippen LogP contribution in [0.2, 0.25) is 0 Å². The molecule has 3 rings (SSSR count). The summed E-state index contributed by atoms with van der Waals surface area (Å²) in [7, 11) is 2.09. The molecular formula is C14H18N2S2. The van der Waals surface area contributed by atoms with Crippen LogP contribution < -0.4 is 5.32 Å². The zero-order chi connectivity index (χ0) is 12.4. The predicted molar refractivity (Wildman–Crippen MR) is 80.6 cm³/mol. The van der Waals surface area contributed by atoms with Gasteiger partial charge in [-0.3, -0.25) is 0 Å². The van der Waals surface area contributed by atoms with Gasteiger partial charge in [-0.15, -0.1) is 11.3 Å². The maximum atomic E-state index is 4.73. The zero-order valence-electron chi connectivity index (χ0n) is 10.6. The molecule has 18 heavy (non-hydrogen) atoms. The van der Waals surface area contributed by atoms with Crippen LogP contribution in [0.3, 0.4) is 0 Å².